The minimum absolute atomic E-state index is 0.0641. The average Bonchev–Trinajstić information content (AvgIpc) is 3.29. The number of carbonyl (C=O) groups excluding carboxylic acids is 1. The van der Waals surface area contributed by atoms with Crippen molar-refractivity contribution >= 4 is 5.91 Å². The molecule has 4 rings (SSSR count). The number of rotatable bonds is 4. The fourth-order valence-electron chi connectivity index (χ4n) is 4.14. The Labute approximate surface area is 161 Å². The number of benzene rings is 1. The summed E-state index contributed by atoms with van der Waals surface area (Å²) >= 11 is 0. The van der Waals surface area contributed by atoms with Crippen LogP contribution in [0.4, 0.5) is 8.78 Å². The summed E-state index contributed by atoms with van der Waals surface area (Å²) in [5.41, 5.74) is 1.79. The average molecular weight is 390 g/mol. The lowest BCUT2D eigenvalue weighted by molar-refractivity contribution is -0.134. The summed E-state index contributed by atoms with van der Waals surface area (Å²) in [4.78, 5) is 27.4. The molecule has 0 saturated carbocycles. The molecular formula is C20H24F2N4O2. The van der Waals surface area contributed by atoms with Crippen molar-refractivity contribution in [2.45, 2.75) is 51.6 Å². The van der Waals surface area contributed by atoms with Crippen LogP contribution in [-0.4, -0.2) is 44.7 Å². The van der Waals surface area contributed by atoms with Gasteiger partial charge in [-0.15, -0.1) is 0 Å². The van der Waals surface area contributed by atoms with Gasteiger partial charge in [0.1, 0.15) is 11.9 Å². The normalized spacial score (nSPS) is 21.9. The number of aromatic nitrogens is 3. The zero-order valence-corrected chi connectivity index (χ0v) is 15.9. The quantitative estimate of drug-likeness (QED) is 0.806. The molecular weight excluding hydrogens is 366 g/mol. The third-order valence-electron chi connectivity index (χ3n) is 5.76. The van der Waals surface area contributed by atoms with E-state index in [0.29, 0.717) is 38.2 Å². The fourth-order valence-corrected chi connectivity index (χ4v) is 4.14. The third kappa shape index (κ3) is 3.47. The maximum absolute atomic E-state index is 13.0. The van der Waals surface area contributed by atoms with Gasteiger partial charge in [0.25, 0.3) is 0 Å². The van der Waals surface area contributed by atoms with Crippen LogP contribution in [0.15, 0.2) is 29.1 Å². The molecule has 1 aromatic carbocycles. The van der Waals surface area contributed by atoms with Crippen LogP contribution in [0, 0.1) is 12.8 Å². The van der Waals surface area contributed by atoms with Gasteiger partial charge in [-0.25, -0.2) is 18.3 Å². The van der Waals surface area contributed by atoms with E-state index in [-0.39, 0.29) is 18.1 Å². The number of carbonyl (C=O) groups is 1. The fraction of sp³-hybridized carbons (Fsp3) is 0.550. The van der Waals surface area contributed by atoms with Crippen molar-refractivity contribution in [1.29, 1.82) is 0 Å². The molecule has 28 heavy (non-hydrogen) atoms. The molecule has 0 radical (unpaired) electrons. The lowest BCUT2D eigenvalue weighted by Gasteiger charge is -2.27. The highest BCUT2D eigenvalue weighted by atomic mass is 19.3. The van der Waals surface area contributed by atoms with Crippen molar-refractivity contribution in [3.05, 3.63) is 51.7 Å². The van der Waals surface area contributed by atoms with Gasteiger partial charge in [-0.1, -0.05) is 29.8 Å². The van der Waals surface area contributed by atoms with Crippen molar-refractivity contribution < 1.29 is 13.6 Å². The van der Waals surface area contributed by atoms with Crippen LogP contribution in [0.5, 0.6) is 0 Å². The highest BCUT2D eigenvalue weighted by Crippen LogP contribution is 2.29. The maximum Gasteiger partial charge on any atom is 0.346 e. The van der Waals surface area contributed by atoms with E-state index in [1.807, 2.05) is 31.2 Å². The lowest BCUT2D eigenvalue weighted by atomic mass is 10.0. The Balaban J connectivity index is 1.57. The number of fused-ring (bicyclic) bond motifs is 1. The molecule has 1 saturated heterocycles. The Morgan fingerprint density at radius 2 is 2.00 bits per heavy atom. The molecule has 3 heterocycles. The smallest absolute Gasteiger partial charge is 0.340 e. The molecule has 1 fully saturated rings. The lowest BCUT2D eigenvalue weighted by Crippen LogP contribution is -2.42. The van der Waals surface area contributed by atoms with E-state index in [1.54, 1.807) is 0 Å². The Hall–Kier alpha value is -2.51. The molecule has 8 heteroatoms. The van der Waals surface area contributed by atoms with Crippen LogP contribution in [0.1, 0.15) is 42.3 Å². The largest absolute Gasteiger partial charge is 0.346 e. The summed E-state index contributed by atoms with van der Waals surface area (Å²) in [5, 5.41) is 4.45. The summed E-state index contributed by atoms with van der Waals surface area (Å²) < 4.78 is 28.8. The molecule has 2 aliphatic rings. The molecule has 2 atom stereocenters. The van der Waals surface area contributed by atoms with Crippen molar-refractivity contribution in [1.82, 2.24) is 19.2 Å². The number of alkyl halides is 2. The van der Waals surface area contributed by atoms with Gasteiger partial charge in [-0.05, 0) is 31.7 Å². The summed E-state index contributed by atoms with van der Waals surface area (Å²) in [7, 11) is 0. The van der Waals surface area contributed by atoms with Crippen LogP contribution in [0.3, 0.4) is 0 Å². The number of likely N-dealkylation sites (tertiary alicyclic amines) is 1. The number of aryl methyl sites for hydroxylation is 2. The highest BCUT2D eigenvalue weighted by molar-refractivity contribution is 5.81. The first kappa shape index (κ1) is 18.8. The molecule has 2 aliphatic heterocycles. The number of amides is 1. The monoisotopic (exact) mass is 390 g/mol. The molecule has 0 spiro atoms. The Morgan fingerprint density at radius 1 is 1.25 bits per heavy atom. The van der Waals surface area contributed by atoms with Crippen LogP contribution in [0.2, 0.25) is 0 Å². The first-order chi connectivity index (χ1) is 13.4. The second kappa shape index (κ2) is 7.48. The molecule has 1 amide bonds. The summed E-state index contributed by atoms with van der Waals surface area (Å²) in [6.07, 6.45) is -0.175. The maximum atomic E-state index is 13.0. The van der Waals surface area contributed by atoms with E-state index in [0.717, 1.165) is 17.5 Å². The number of halogens is 2. The van der Waals surface area contributed by atoms with Crippen LogP contribution in [-0.2, 0) is 17.8 Å². The van der Waals surface area contributed by atoms with Gasteiger partial charge in [0.15, 0.2) is 0 Å². The predicted molar refractivity (Wildman–Crippen MR) is 99.4 cm³/mol. The van der Waals surface area contributed by atoms with Crippen molar-refractivity contribution in [2.75, 3.05) is 13.1 Å². The SMILES string of the molecule is Cc1ccc(Cn2nc3n(c2=O)C(C(=O)N2CCC(C(F)F)C2)CCC3)cc1. The van der Waals surface area contributed by atoms with Crippen LogP contribution < -0.4 is 5.69 Å². The Bertz CT molecular complexity index is 919. The van der Waals surface area contributed by atoms with Crippen molar-refractivity contribution in [2.24, 2.45) is 5.92 Å². The molecule has 2 unspecified atom stereocenters. The van der Waals surface area contributed by atoms with Crippen LogP contribution in [0.25, 0.3) is 0 Å². The van der Waals surface area contributed by atoms with E-state index in [4.69, 9.17) is 0 Å². The number of hydrogen-bond donors (Lipinski definition) is 0. The summed E-state index contributed by atoms with van der Waals surface area (Å²) in [5.74, 6) is -0.402. The van der Waals surface area contributed by atoms with E-state index >= 15 is 0 Å². The molecule has 2 aromatic rings. The van der Waals surface area contributed by atoms with E-state index in [1.165, 1.54) is 14.1 Å². The highest BCUT2D eigenvalue weighted by Gasteiger charge is 2.38. The second-order valence-electron chi connectivity index (χ2n) is 7.79. The van der Waals surface area contributed by atoms with Crippen LogP contribution >= 0.6 is 0 Å². The minimum atomic E-state index is -2.42. The topological polar surface area (TPSA) is 60.1 Å². The summed E-state index contributed by atoms with van der Waals surface area (Å²) in [6, 6.07) is 7.24. The number of nitrogens with zero attached hydrogens (tertiary/aromatic N) is 4. The molecule has 0 aliphatic carbocycles. The molecule has 6 nitrogen and oxygen atoms in total. The molecule has 0 N–H and O–H groups in total. The van der Waals surface area contributed by atoms with Gasteiger partial charge >= 0.3 is 5.69 Å². The third-order valence-corrected chi connectivity index (χ3v) is 5.76. The van der Waals surface area contributed by atoms with E-state index < -0.39 is 18.4 Å². The van der Waals surface area contributed by atoms with Crippen molar-refractivity contribution in [3.63, 3.8) is 0 Å². The molecule has 1 aromatic heterocycles. The molecule has 0 bridgehead atoms. The van der Waals surface area contributed by atoms with Gasteiger partial charge in [-0.3, -0.25) is 9.36 Å². The predicted octanol–water partition coefficient (Wildman–Crippen LogP) is 2.39. The number of hydrogen-bond acceptors (Lipinski definition) is 3. The Morgan fingerprint density at radius 3 is 2.68 bits per heavy atom. The first-order valence-electron chi connectivity index (χ1n) is 9.74. The standard InChI is InChI=1S/C20H24F2N4O2/c1-13-5-7-14(8-6-13)11-25-20(28)26-16(3-2-4-17(26)23-25)19(27)24-10-9-15(12-24)18(21)22/h5-8,15-16,18H,2-4,9-12H2,1H3. The van der Waals surface area contributed by atoms with E-state index in [9.17, 15) is 18.4 Å². The second-order valence-corrected chi connectivity index (χ2v) is 7.79. The van der Waals surface area contributed by atoms with Gasteiger partial charge in [0, 0.05) is 25.4 Å². The minimum Gasteiger partial charge on any atom is -0.340 e. The van der Waals surface area contributed by atoms with Crippen molar-refractivity contribution in [3.8, 4) is 0 Å². The Kier molecular flexibility index (Phi) is 5.03. The van der Waals surface area contributed by atoms with Gasteiger partial charge in [0.05, 0.1) is 6.54 Å². The molecule has 150 valence electrons. The van der Waals surface area contributed by atoms with Gasteiger partial charge in [-0.2, -0.15) is 5.10 Å². The van der Waals surface area contributed by atoms with Gasteiger partial charge < -0.3 is 4.90 Å². The zero-order chi connectivity index (χ0) is 19.8. The van der Waals surface area contributed by atoms with Gasteiger partial charge in [0.2, 0.25) is 12.3 Å². The summed E-state index contributed by atoms with van der Waals surface area (Å²) in [6.45, 7) is 2.73. The van der Waals surface area contributed by atoms with E-state index in [2.05, 4.69) is 5.10 Å². The first-order valence-corrected chi connectivity index (χ1v) is 9.74. The zero-order valence-electron chi connectivity index (χ0n) is 15.9.